The topological polar surface area (TPSA) is 57.9 Å². The Bertz CT molecular complexity index is 973. The number of carbonyl (C=O) groups is 1. The number of carboxylic acid groups (broad SMARTS) is 1. The molecule has 0 amide bonds. The van der Waals surface area contributed by atoms with E-state index in [1.54, 1.807) is 30.3 Å². The van der Waals surface area contributed by atoms with Crippen LogP contribution in [0.1, 0.15) is 10.5 Å². The molecule has 1 aromatic heterocycles. The zero-order chi connectivity index (χ0) is 18.9. The Morgan fingerprint density at radius 2 is 1.85 bits per heavy atom. The van der Waals surface area contributed by atoms with Crippen molar-refractivity contribution in [3.63, 3.8) is 0 Å². The van der Waals surface area contributed by atoms with Gasteiger partial charge >= 0.3 is 5.51 Å². The van der Waals surface area contributed by atoms with Crippen molar-refractivity contribution < 1.29 is 23.1 Å². The molecule has 0 N–H and O–H groups in total. The van der Waals surface area contributed by atoms with Gasteiger partial charge in [0.1, 0.15) is 5.69 Å². The first-order valence-corrected chi connectivity index (χ1v) is 8.36. The molecule has 0 atom stereocenters. The molecule has 9 heteroatoms. The van der Waals surface area contributed by atoms with Gasteiger partial charge in [-0.05, 0) is 48.2 Å². The minimum absolute atomic E-state index is 0.0242. The van der Waals surface area contributed by atoms with Gasteiger partial charge in [-0.25, -0.2) is 4.68 Å². The number of thioether (sulfide) groups is 1. The largest absolute Gasteiger partial charge is 0.543 e. The molecule has 0 radical (unpaired) electrons. The third kappa shape index (κ3) is 4.20. The van der Waals surface area contributed by atoms with Crippen LogP contribution in [0.15, 0.2) is 59.5 Å². The summed E-state index contributed by atoms with van der Waals surface area (Å²) < 4.78 is 39.2. The molecule has 0 fully saturated rings. The van der Waals surface area contributed by atoms with Crippen LogP contribution in [0.4, 0.5) is 13.2 Å². The molecule has 0 unspecified atom stereocenters. The monoisotopic (exact) mass is 397 g/mol. The summed E-state index contributed by atoms with van der Waals surface area (Å²) in [6.07, 6.45) is 0. The number of rotatable bonds is 4. The summed E-state index contributed by atoms with van der Waals surface area (Å²) in [7, 11) is 0. The SMILES string of the molecule is O=C([O-])c1cc(-c2cccc(SC(F)(F)F)c2)n(-c2cccc(Cl)c2)n1. The molecular formula is C17H9ClF3N2O2S-. The highest BCUT2D eigenvalue weighted by Gasteiger charge is 2.29. The smallest absolute Gasteiger partial charge is 0.446 e. The molecule has 0 aliphatic heterocycles. The molecular weight excluding hydrogens is 389 g/mol. The van der Waals surface area contributed by atoms with E-state index in [4.69, 9.17) is 11.6 Å². The van der Waals surface area contributed by atoms with Gasteiger partial charge in [0.15, 0.2) is 0 Å². The lowest BCUT2D eigenvalue weighted by Gasteiger charge is -2.10. The Morgan fingerprint density at radius 3 is 2.50 bits per heavy atom. The predicted octanol–water partition coefficient (Wildman–Crippen LogP) is 4.17. The molecule has 0 bridgehead atoms. The van der Waals surface area contributed by atoms with E-state index in [1.807, 2.05) is 0 Å². The van der Waals surface area contributed by atoms with Gasteiger partial charge < -0.3 is 9.90 Å². The fraction of sp³-hybridized carbons (Fsp3) is 0.0588. The van der Waals surface area contributed by atoms with Gasteiger partial charge in [-0.2, -0.15) is 18.3 Å². The van der Waals surface area contributed by atoms with Crippen LogP contribution >= 0.6 is 23.4 Å². The summed E-state index contributed by atoms with van der Waals surface area (Å²) >= 11 is 5.71. The van der Waals surface area contributed by atoms with E-state index in [0.29, 0.717) is 22.0 Å². The standard InChI is InChI=1S/C17H10ClF3N2O2S/c18-11-4-2-5-12(8-11)23-15(9-14(22-23)16(24)25)10-3-1-6-13(7-10)26-17(19,20)21/h1-9H,(H,24,25)/p-1. The molecule has 3 aromatic rings. The number of hydrogen-bond acceptors (Lipinski definition) is 4. The van der Waals surface area contributed by atoms with Crippen LogP contribution in [0, 0.1) is 0 Å². The molecule has 0 aliphatic rings. The average molecular weight is 398 g/mol. The van der Waals surface area contributed by atoms with Gasteiger partial charge in [-0.3, -0.25) is 0 Å². The number of aromatic nitrogens is 2. The highest BCUT2D eigenvalue weighted by Crippen LogP contribution is 2.38. The van der Waals surface area contributed by atoms with E-state index in [9.17, 15) is 23.1 Å². The molecule has 2 aromatic carbocycles. The second kappa shape index (κ2) is 7.05. The number of benzene rings is 2. The molecule has 134 valence electrons. The van der Waals surface area contributed by atoms with Crippen LogP contribution in [0.2, 0.25) is 5.02 Å². The fourth-order valence-electron chi connectivity index (χ4n) is 2.34. The summed E-state index contributed by atoms with van der Waals surface area (Å²) in [6.45, 7) is 0. The molecule has 3 rings (SSSR count). The molecule has 4 nitrogen and oxygen atoms in total. The summed E-state index contributed by atoms with van der Waals surface area (Å²) in [4.78, 5) is 11.2. The van der Waals surface area contributed by atoms with Crippen LogP contribution < -0.4 is 5.11 Å². The van der Waals surface area contributed by atoms with Gasteiger partial charge in [0.05, 0.1) is 17.4 Å². The maximum absolute atomic E-state index is 12.6. The van der Waals surface area contributed by atoms with Crippen LogP contribution in [-0.4, -0.2) is 21.3 Å². The Kier molecular flexibility index (Phi) is 4.97. The lowest BCUT2D eigenvalue weighted by Crippen LogP contribution is -2.22. The molecule has 1 heterocycles. The highest BCUT2D eigenvalue weighted by atomic mass is 35.5. The van der Waals surface area contributed by atoms with Crippen LogP contribution in [0.25, 0.3) is 16.9 Å². The van der Waals surface area contributed by atoms with Crippen molar-refractivity contribution in [1.29, 1.82) is 0 Å². The van der Waals surface area contributed by atoms with Crippen LogP contribution in [-0.2, 0) is 0 Å². The van der Waals surface area contributed by atoms with E-state index < -0.39 is 11.5 Å². The molecule has 0 saturated heterocycles. The second-order valence-corrected chi connectivity index (χ2v) is 6.74. The van der Waals surface area contributed by atoms with Crippen LogP contribution in [0.5, 0.6) is 0 Å². The number of carbonyl (C=O) groups excluding carboxylic acids is 1. The van der Waals surface area contributed by atoms with E-state index in [-0.39, 0.29) is 22.4 Å². The first kappa shape index (κ1) is 18.3. The molecule has 26 heavy (non-hydrogen) atoms. The Labute approximate surface area is 155 Å². The van der Waals surface area contributed by atoms with E-state index in [1.165, 1.54) is 28.9 Å². The van der Waals surface area contributed by atoms with Gasteiger partial charge in [-0.15, -0.1) is 0 Å². The number of carboxylic acids is 1. The quantitative estimate of drug-likeness (QED) is 0.620. The lowest BCUT2D eigenvalue weighted by atomic mass is 10.1. The first-order chi connectivity index (χ1) is 12.2. The summed E-state index contributed by atoms with van der Waals surface area (Å²) in [5, 5.41) is 15.6. The van der Waals surface area contributed by atoms with E-state index in [2.05, 4.69) is 5.10 Å². The van der Waals surface area contributed by atoms with E-state index in [0.717, 1.165) is 0 Å². The summed E-state index contributed by atoms with van der Waals surface area (Å²) in [5.41, 5.74) is -3.62. The summed E-state index contributed by atoms with van der Waals surface area (Å²) in [5.74, 6) is -1.49. The number of nitrogens with zero attached hydrogens (tertiary/aromatic N) is 2. The van der Waals surface area contributed by atoms with Crippen LogP contribution in [0.3, 0.4) is 0 Å². The average Bonchev–Trinajstić information content (AvgIpc) is 2.99. The second-order valence-electron chi connectivity index (χ2n) is 5.17. The Hall–Kier alpha value is -2.45. The van der Waals surface area contributed by atoms with Crippen molar-refractivity contribution in [1.82, 2.24) is 9.78 Å². The minimum atomic E-state index is -4.43. The molecule has 0 saturated carbocycles. The van der Waals surface area contributed by atoms with Crippen molar-refractivity contribution in [3.8, 4) is 16.9 Å². The van der Waals surface area contributed by atoms with E-state index >= 15 is 0 Å². The first-order valence-electron chi connectivity index (χ1n) is 7.16. The van der Waals surface area contributed by atoms with Gasteiger partial charge in [0.25, 0.3) is 0 Å². The fourth-order valence-corrected chi connectivity index (χ4v) is 3.13. The van der Waals surface area contributed by atoms with Crippen molar-refractivity contribution in [2.75, 3.05) is 0 Å². The van der Waals surface area contributed by atoms with Gasteiger partial charge in [0.2, 0.25) is 0 Å². The Balaban J connectivity index is 2.13. The van der Waals surface area contributed by atoms with Crippen molar-refractivity contribution >= 4 is 29.3 Å². The van der Waals surface area contributed by atoms with Crippen molar-refractivity contribution in [2.24, 2.45) is 0 Å². The lowest BCUT2D eigenvalue weighted by molar-refractivity contribution is -0.255. The number of hydrogen-bond donors (Lipinski definition) is 0. The number of aromatic carboxylic acids is 1. The van der Waals surface area contributed by atoms with Gasteiger partial charge in [-0.1, -0.05) is 29.8 Å². The third-order valence-corrected chi connectivity index (χ3v) is 4.29. The zero-order valence-corrected chi connectivity index (χ0v) is 14.4. The zero-order valence-electron chi connectivity index (χ0n) is 12.8. The third-order valence-electron chi connectivity index (χ3n) is 3.33. The minimum Gasteiger partial charge on any atom is -0.543 e. The van der Waals surface area contributed by atoms with Gasteiger partial charge in [0, 0.05) is 15.5 Å². The van der Waals surface area contributed by atoms with Crippen molar-refractivity contribution in [3.05, 3.63) is 65.3 Å². The normalized spacial score (nSPS) is 11.5. The highest BCUT2D eigenvalue weighted by molar-refractivity contribution is 8.00. The maximum Gasteiger partial charge on any atom is 0.446 e. The molecule has 0 spiro atoms. The van der Waals surface area contributed by atoms with Crippen molar-refractivity contribution in [2.45, 2.75) is 10.4 Å². The summed E-state index contributed by atoms with van der Waals surface area (Å²) in [6, 6.07) is 13.4. The Morgan fingerprint density at radius 1 is 1.12 bits per heavy atom. The molecule has 0 aliphatic carbocycles. The maximum atomic E-state index is 12.6. The predicted molar refractivity (Wildman–Crippen MR) is 90.3 cm³/mol. The number of halogens is 4. The number of alkyl halides is 3.